The molecule has 3 rings (SSSR count). The molecule has 0 aromatic heterocycles. The number of nitrogens with one attached hydrogen (secondary N) is 1. The molecule has 2 atom stereocenters. The third-order valence-corrected chi connectivity index (χ3v) is 7.83. The van der Waals surface area contributed by atoms with Gasteiger partial charge < -0.3 is 5.32 Å². The molecule has 1 amide bonds. The number of halogens is 2. The van der Waals surface area contributed by atoms with Gasteiger partial charge in [0, 0.05) is 29.7 Å². The lowest BCUT2D eigenvalue weighted by Crippen LogP contribution is -2.46. The summed E-state index contributed by atoms with van der Waals surface area (Å²) < 4.78 is 27.2. The van der Waals surface area contributed by atoms with E-state index in [1.54, 1.807) is 12.1 Å². The van der Waals surface area contributed by atoms with Gasteiger partial charge in [0.05, 0.1) is 11.7 Å². The molecule has 8 heteroatoms. The minimum atomic E-state index is -3.59. The zero-order valence-electron chi connectivity index (χ0n) is 16.9. The van der Waals surface area contributed by atoms with Crippen molar-refractivity contribution >= 4 is 39.1 Å². The summed E-state index contributed by atoms with van der Waals surface area (Å²) in [5.41, 5.74) is 1.66. The molecule has 1 N–H and O–H groups in total. The summed E-state index contributed by atoms with van der Waals surface area (Å²) in [5, 5.41) is 3.78. The first-order valence-corrected chi connectivity index (χ1v) is 12.4. The van der Waals surface area contributed by atoms with Crippen LogP contribution in [0.3, 0.4) is 0 Å². The van der Waals surface area contributed by atoms with E-state index in [1.807, 2.05) is 30.3 Å². The predicted molar refractivity (Wildman–Crippen MR) is 121 cm³/mol. The largest absolute Gasteiger partial charge is 0.355 e. The van der Waals surface area contributed by atoms with Crippen LogP contribution in [0.25, 0.3) is 0 Å². The van der Waals surface area contributed by atoms with Crippen LogP contribution in [0.5, 0.6) is 0 Å². The van der Waals surface area contributed by atoms with Crippen molar-refractivity contribution in [3.8, 4) is 0 Å². The lowest BCUT2D eigenvalue weighted by Gasteiger charge is -2.31. The van der Waals surface area contributed by atoms with Gasteiger partial charge >= 0.3 is 0 Å². The fourth-order valence-electron chi connectivity index (χ4n) is 3.63. The molecular weight excluding hydrogens is 443 g/mol. The number of carbonyl (C=O) groups is 1. The quantitative estimate of drug-likeness (QED) is 0.652. The molecule has 0 spiro atoms. The number of sulfonamides is 1. The fraction of sp³-hybridized carbons (Fsp3) is 0.409. The Morgan fingerprint density at radius 2 is 1.93 bits per heavy atom. The molecule has 1 fully saturated rings. The molecule has 162 valence electrons. The summed E-state index contributed by atoms with van der Waals surface area (Å²) >= 11 is 12.0. The van der Waals surface area contributed by atoms with Crippen molar-refractivity contribution < 1.29 is 13.2 Å². The molecule has 0 radical (unpaired) electrons. The second-order valence-electron chi connectivity index (χ2n) is 7.75. The lowest BCUT2D eigenvalue weighted by atomic mass is 9.97. The number of amides is 1. The van der Waals surface area contributed by atoms with Gasteiger partial charge in [0.2, 0.25) is 15.9 Å². The molecule has 0 saturated carbocycles. The van der Waals surface area contributed by atoms with E-state index < -0.39 is 10.0 Å². The van der Waals surface area contributed by atoms with Gasteiger partial charge in [-0.15, -0.1) is 0 Å². The topological polar surface area (TPSA) is 66.5 Å². The van der Waals surface area contributed by atoms with E-state index in [-0.39, 0.29) is 30.0 Å². The highest BCUT2D eigenvalue weighted by atomic mass is 35.5. The highest BCUT2D eigenvalue weighted by Gasteiger charge is 2.32. The minimum absolute atomic E-state index is 0.0952. The summed E-state index contributed by atoms with van der Waals surface area (Å²) in [6.45, 7) is 3.19. The maximum atomic E-state index is 12.9. The van der Waals surface area contributed by atoms with Gasteiger partial charge in [-0.05, 0) is 42.0 Å². The average molecular weight is 469 g/mol. The summed E-state index contributed by atoms with van der Waals surface area (Å²) in [6, 6.07) is 14.8. The Hall–Kier alpha value is -1.60. The van der Waals surface area contributed by atoms with Crippen LogP contribution in [0.2, 0.25) is 10.0 Å². The summed E-state index contributed by atoms with van der Waals surface area (Å²) in [4.78, 5) is 12.7. The van der Waals surface area contributed by atoms with Crippen LogP contribution in [0.1, 0.15) is 36.8 Å². The van der Waals surface area contributed by atoms with Crippen LogP contribution < -0.4 is 5.32 Å². The molecule has 1 heterocycles. The summed E-state index contributed by atoms with van der Waals surface area (Å²) in [6.07, 6.45) is 1.33. The van der Waals surface area contributed by atoms with Gasteiger partial charge in [-0.1, -0.05) is 66.5 Å². The molecular formula is C22H26Cl2N2O3S. The van der Waals surface area contributed by atoms with E-state index >= 15 is 0 Å². The Morgan fingerprint density at radius 3 is 2.63 bits per heavy atom. The first-order valence-electron chi connectivity index (χ1n) is 10.0. The van der Waals surface area contributed by atoms with Crippen molar-refractivity contribution in [2.75, 3.05) is 19.6 Å². The SMILES string of the molecule is CC(CNC(=O)C1CCCN(S(=O)(=O)Cc2ccc(Cl)cc2Cl)C1)c1ccccc1. The zero-order valence-corrected chi connectivity index (χ0v) is 19.2. The number of benzene rings is 2. The van der Waals surface area contributed by atoms with Crippen LogP contribution in [-0.4, -0.2) is 38.3 Å². The third kappa shape index (κ3) is 5.97. The Balaban J connectivity index is 1.59. The highest BCUT2D eigenvalue weighted by molar-refractivity contribution is 7.88. The molecule has 1 aliphatic heterocycles. The normalized spacial score (nSPS) is 18.7. The Bertz CT molecular complexity index is 983. The van der Waals surface area contributed by atoms with E-state index in [9.17, 15) is 13.2 Å². The van der Waals surface area contributed by atoms with Crippen LogP contribution in [0, 0.1) is 5.92 Å². The van der Waals surface area contributed by atoms with Crippen molar-refractivity contribution in [2.24, 2.45) is 5.92 Å². The van der Waals surface area contributed by atoms with Crippen LogP contribution in [0.4, 0.5) is 0 Å². The number of piperidine rings is 1. The van der Waals surface area contributed by atoms with Gasteiger partial charge in [0.15, 0.2) is 0 Å². The van der Waals surface area contributed by atoms with Crippen molar-refractivity contribution in [1.29, 1.82) is 0 Å². The fourth-order valence-corrected chi connectivity index (χ4v) is 5.83. The Morgan fingerprint density at radius 1 is 1.20 bits per heavy atom. The minimum Gasteiger partial charge on any atom is -0.355 e. The molecule has 2 unspecified atom stereocenters. The van der Waals surface area contributed by atoms with Gasteiger partial charge in [-0.2, -0.15) is 0 Å². The Kier molecular flexibility index (Phi) is 7.80. The number of nitrogens with zero attached hydrogens (tertiary/aromatic N) is 1. The highest BCUT2D eigenvalue weighted by Crippen LogP contribution is 2.26. The second-order valence-corrected chi connectivity index (χ2v) is 10.6. The molecule has 1 saturated heterocycles. The standard InChI is InChI=1S/C22H26Cl2N2O3S/c1-16(17-6-3-2-4-7-17)13-25-22(27)18-8-5-11-26(14-18)30(28,29)15-19-9-10-20(23)12-21(19)24/h2-4,6-7,9-10,12,16,18H,5,8,11,13-15H2,1H3,(H,25,27). The van der Waals surface area contributed by atoms with E-state index in [1.165, 1.54) is 10.4 Å². The van der Waals surface area contributed by atoms with Crippen LogP contribution >= 0.6 is 23.2 Å². The van der Waals surface area contributed by atoms with Crippen molar-refractivity contribution in [2.45, 2.75) is 31.4 Å². The van der Waals surface area contributed by atoms with Crippen LogP contribution in [0.15, 0.2) is 48.5 Å². The maximum Gasteiger partial charge on any atom is 0.224 e. The average Bonchev–Trinajstić information content (AvgIpc) is 2.74. The number of rotatable bonds is 7. The van der Waals surface area contributed by atoms with E-state index in [0.29, 0.717) is 41.5 Å². The lowest BCUT2D eigenvalue weighted by molar-refractivity contribution is -0.126. The molecule has 5 nitrogen and oxygen atoms in total. The van der Waals surface area contributed by atoms with Gasteiger partial charge in [0.1, 0.15) is 0 Å². The van der Waals surface area contributed by atoms with E-state index in [0.717, 1.165) is 5.56 Å². The monoisotopic (exact) mass is 468 g/mol. The molecule has 2 aromatic carbocycles. The molecule has 0 aliphatic carbocycles. The van der Waals surface area contributed by atoms with E-state index in [4.69, 9.17) is 23.2 Å². The van der Waals surface area contributed by atoms with Gasteiger partial charge in [-0.25, -0.2) is 12.7 Å². The van der Waals surface area contributed by atoms with Crippen molar-refractivity contribution in [3.63, 3.8) is 0 Å². The number of hydrogen-bond donors (Lipinski definition) is 1. The number of carbonyl (C=O) groups excluding carboxylic acids is 1. The van der Waals surface area contributed by atoms with E-state index in [2.05, 4.69) is 12.2 Å². The molecule has 2 aromatic rings. The molecule has 1 aliphatic rings. The first-order chi connectivity index (χ1) is 14.3. The zero-order chi connectivity index (χ0) is 21.7. The van der Waals surface area contributed by atoms with Crippen LogP contribution in [-0.2, 0) is 20.6 Å². The predicted octanol–water partition coefficient (Wildman–Crippen LogP) is 4.46. The second kappa shape index (κ2) is 10.1. The van der Waals surface area contributed by atoms with Gasteiger partial charge in [0.25, 0.3) is 0 Å². The first kappa shape index (κ1) is 23.1. The Labute approximate surface area is 188 Å². The number of hydrogen-bond acceptors (Lipinski definition) is 3. The van der Waals surface area contributed by atoms with Gasteiger partial charge in [-0.3, -0.25) is 4.79 Å². The van der Waals surface area contributed by atoms with Crippen molar-refractivity contribution in [1.82, 2.24) is 9.62 Å². The maximum absolute atomic E-state index is 12.9. The summed E-state index contributed by atoms with van der Waals surface area (Å²) in [7, 11) is -3.59. The molecule has 30 heavy (non-hydrogen) atoms. The molecule has 0 bridgehead atoms. The van der Waals surface area contributed by atoms with Crippen molar-refractivity contribution in [3.05, 3.63) is 69.7 Å². The summed E-state index contributed by atoms with van der Waals surface area (Å²) in [5.74, 6) is -0.465. The third-order valence-electron chi connectivity index (χ3n) is 5.45. The smallest absolute Gasteiger partial charge is 0.224 e.